The van der Waals surface area contributed by atoms with Gasteiger partial charge in [0.25, 0.3) is 0 Å². The zero-order valence-electron chi connectivity index (χ0n) is 54.9. The lowest BCUT2D eigenvalue weighted by Crippen LogP contribution is -2.72. The topological polar surface area (TPSA) is 342 Å². The molecule has 0 unspecified atom stereocenters. The number of ether oxygens (including phenoxy) is 10. The first-order valence-electron chi connectivity index (χ1n) is 32.5. The van der Waals surface area contributed by atoms with Crippen molar-refractivity contribution in [2.45, 2.75) is 254 Å². The minimum absolute atomic E-state index is 0.00454. The molecule has 0 aliphatic heterocycles. The van der Waals surface area contributed by atoms with E-state index in [0.717, 1.165) is 5.56 Å². The predicted octanol–water partition coefficient (Wildman–Crippen LogP) is 2.40. The SMILES string of the molecule is COC(=O)[C@@]1(NC(=O)[C@@]2(NC(=O)[C@@]3(NC(=O)[C@@]4(NC(=O)[C@@]5(NC(=O)[C@@]6(NC(=O)[C@@]7(NC(=O)[C@@]8(NC(=O)OCc9ccccc9)CC[C@H](OC)C8)CC[C@H](OC)C7)CC[C@H](OC)C6)CC[C@H](OC)C5)CC[C@H](OC)C4)CC[C@H](OC)C3)CC[C@H](OC)C2)CC[C@H](OC)C1. The van der Waals surface area contributed by atoms with Gasteiger partial charge in [-0.1, -0.05) is 30.3 Å². The molecule has 0 spiro atoms. The molecule has 1 aromatic carbocycles. The molecule has 92 heavy (non-hydrogen) atoms. The third-order valence-corrected chi connectivity index (χ3v) is 22.1. The first-order valence-corrected chi connectivity index (χ1v) is 32.5. The van der Waals surface area contributed by atoms with Gasteiger partial charge in [-0.25, -0.2) is 9.59 Å². The van der Waals surface area contributed by atoms with Crippen molar-refractivity contribution in [2.24, 2.45) is 0 Å². The second-order valence-electron chi connectivity index (χ2n) is 27.3. The second kappa shape index (κ2) is 28.9. The highest BCUT2D eigenvalue weighted by molar-refractivity contribution is 6.04. The Balaban J connectivity index is 0.978. The van der Waals surface area contributed by atoms with E-state index < -0.39 is 140 Å². The molecule has 8 fully saturated rings. The van der Waals surface area contributed by atoms with Crippen LogP contribution in [0.4, 0.5) is 4.79 Å². The number of hydrogen-bond acceptors (Lipinski definition) is 19. The number of amides is 8. The van der Waals surface area contributed by atoms with Gasteiger partial charge in [0.1, 0.15) is 50.9 Å². The fourth-order valence-electron chi connectivity index (χ4n) is 16.1. The van der Waals surface area contributed by atoms with E-state index in [2.05, 4.69) is 42.5 Å². The third kappa shape index (κ3) is 14.3. The Morgan fingerprint density at radius 2 is 0.522 bits per heavy atom. The highest BCUT2D eigenvalue weighted by Gasteiger charge is 2.62. The minimum Gasteiger partial charge on any atom is -0.467 e. The molecule has 512 valence electrons. The average Bonchev–Trinajstić information content (AvgIpc) is 1.54. The van der Waals surface area contributed by atoms with Gasteiger partial charge in [-0.05, 0) is 108 Å². The number of carbonyl (C=O) groups excluding carboxylic acids is 9. The number of hydrogen-bond donors (Lipinski definition) is 8. The number of carbonyl (C=O) groups is 9. The second-order valence-corrected chi connectivity index (χ2v) is 27.3. The van der Waals surface area contributed by atoms with E-state index in [1.807, 2.05) is 18.2 Å². The van der Waals surface area contributed by atoms with Crippen LogP contribution in [0.3, 0.4) is 0 Å². The molecule has 8 saturated carbocycles. The van der Waals surface area contributed by atoms with Gasteiger partial charge in [0.2, 0.25) is 41.4 Å². The molecule has 8 aliphatic rings. The summed E-state index contributed by atoms with van der Waals surface area (Å²) in [7, 11) is 13.4. The van der Waals surface area contributed by atoms with Crippen LogP contribution in [0, 0.1) is 0 Å². The number of benzene rings is 1. The van der Waals surface area contributed by atoms with Crippen LogP contribution in [-0.2, 0) is 92.3 Å². The highest BCUT2D eigenvalue weighted by atomic mass is 16.6. The summed E-state index contributed by atoms with van der Waals surface area (Å²) in [5.41, 5.74) is -12.3. The van der Waals surface area contributed by atoms with E-state index in [-0.39, 0.29) is 115 Å². The third-order valence-electron chi connectivity index (χ3n) is 22.1. The van der Waals surface area contributed by atoms with Gasteiger partial charge < -0.3 is 89.9 Å². The smallest absolute Gasteiger partial charge is 0.408 e. The lowest BCUT2D eigenvalue weighted by molar-refractivity contribution is -0.152. The maximum atomic E-state index is 15.7. The van der Waals surface area contributed by atoms with Gasteiger partial charge in [-0.3, -0.25) is 33.6 Å². The summed E-state index contributed by atoms with van der Waals surface area (Å²) < 4.78 is 57.0. The van der Waals surface area contributed by atoms with Crippen LogP contribution in [0.25, 0.3) is 0 Å². The Morgan fingerprint density at radius 1 is 0.315 bits per heavy atom. The largest absolute Gasteiger partial charge is 0.467 e. The Hall–Kier alpha value is -6.07. The van der Waals surface area contributed by atoms with Gasteiger partial charge in [0.15, 0.2) is 0 Å². The molecular weight excluding hydrogens is 1200 g/mol. The predicted molar refractivity (Wildman–Crippen MR) is 328 cm³/mol. The van der Waals surface area contributed by atoms with Crippen molar-refractivity contribution in [2.75, 3.05) is 64.0 Å². The van der Waals surface area contributed by atoms with E-state index >= 15 is 28.8 Å². The Bertz CT molecular complexity index is 2880. The molecule has 16 atom stereocenters. The van der Waals surface area contributed by atoms with Crippen molar-refractivity contribution in [1.82, 2.24) is 42.5 Å². The first-order chi connectivity index (χ1) is 44.0. The first kappa shape index (κ1) is 70.3. The van der Waals surface area contributed by atoms with Crippen molar-refractivity contribution < 1.29 is 90.5 Å². The van der Waals surface area contributed by atoms with Crippen molar-refractivity contribution in [1.29, 1.82) is 0 Å². The fraction of sp³-hybridized carbons (Fsp3) is 0.769. The lowest BCUT2D eigenvalue weighted by atomic mass is 9.86. The number of methoxy groups -OCH3 is 9. The minimum atomic E-state index is -1.74. The highest BCUT2D eigenvalue weighted by Crippen LogP contribution is 2.44. The fourth-order valence-corrected chi connectivity index (χ4v) is 16.1. The maximum absolute atomic E-state index is 15.7. The quantitative estimate of drug-likeness (QED) is 0.0617. The van der Waals surface area contributed by atoms with Crippen molar-refractivity contribution in [3.8, 4) is 0 Å². The summed E-state index contributed by atoms with van der Waals surface area (Å²) in [5, 5.41) is 24.4. The molecule has 8 N–H and O–H groups in total. The zero-order valence-corrected chi connectivity index (χ0v) is 54.9. The average molecular weight is 1300 g/mol. The summed E-state index contributed by atoms with van der Waals surface area (Å²) in [6.45, 7) is -0.0516. The summed E-state index contributed by atoms with van der Waals surface area (Å²) >= 11 is 0. The van der Waals surface area contributed by atoms with Gasteiger partial charge in [-0.2, -0.15) is 0 Å². The molecule has 0 saturated heterocycles. The standard InChI is InChI=1S/C65H98N8O19/c1-83-41-15-23-58(31-41,67-51(76)60(25-17-43(33-60)85-3)69-53(78)62(27-19-45(35-62)87-5)71-55(80)64(29-21-47(37-64)89-7)73-57(82)92-39-40-13-11-10-12-14-40)49(74)66-59(24-16-42(32-59)84-2)50(75)68-61(26-18-44(34-61)86-4)52(77)70-63(28-20-46(36-63)88-6)54(79)72-65(56(81)91-9)30-22-48(38-65)90-8/h10-14,41-48H,15-39H2,1-9H3,(H,66,74)(H,67,76)(H,68,75)(H,69,78)(H,70,77)(H,71,80)(H,72,79)(H,73,82)/t41-,42-,43-,44-,45-,46-,47-,48-,58+,59+,60+,61+,62+,63+,64+,65+/m0/s1. The summed E-state index contributed by atoms with van der Waals surface area (Å²) in [4.78, 5) is 135. The van der Waals surface area contributed by atoms with Crippen LogP contribution in [0.1, 0.15) is 160 Å². The number of esters is 1. The van der Waals surface area contributed by atoms with Crippen molar-refractivity contribution >= 4 is 53.4 Å². The molecule has 0 heterocycles. The Kier molecular flexibility index (Phi) is 22.1. The molecule has 9 rings (SSSR count). The molecule has 27 heteroatoms. The van der Waals surface area contributed by atoms with Gasteiger partial charge in [-0.15, -0.1) is 0 Å². The Labute approximate surface area is 538 Å². The lowest BCUT2D eigenvalue weighted by Gasteiger charge is -2.42. The van der Waals surface area contributed by atoms with Crippen LogP contribution in [0.2, 0.25) is 0 Å². The molecule has 1 aromatic rings. The zero-order chi connectivity index (χ0) is 66.3. The summed E-state index contributed by atoms with van der Waals surface area (Å²) in [6.07, 6.45) is -0.312. The molecular formula is C65H98N8O19. The van der Waals surface area contributed by atoms with Crippen LogP contribution in [-0.4, -0.2) is 211 Å². The van der Waals surface area contributed by atoms with Gasteiger partial charge in [0, 0.05) is 108 Å². The van der Waals surface area contributed by atoms with Gasteiger partial charge in [0.05, 0.1) is 55.9 Å². The van der Waals surface area contributed by atoms with Crippen LogP contribution < -0.4 is 42.5 Å². The summed E-state index contributed by atoms with van der Waals surface area (Å²) in [5.74, 6) is -5.34. The van der Waals surface area contributed by atoms with Crippen molar-refractivity contribution in [3.63, 3.8) is 0 Å². The Morgan fingerprint density at radius 3 is 0.739 bits per heavy atom. The molecule has 0 radical (unpaired) electrons. The molecule has 27 nitrogen and oxygen atoms in total. The van der Waals surface area contributed by atoms with Crippen LogP contribution in [0.15, 0.2) is 30.3 Å². The molecule has 0 bridgehead atoms. The molecule has 8 aliphatic carbocycles. The van der Waals surface area contributed by atoms with Gasteiger partial charge >= 0.3 is 12.1 Å². The maximum Gasteiger partial charge on any atom is 0.408 e. The van der Waals surface area contributed by atoms with E-state index in [1.54, 1.807) is 12.1 Å². The van der Waals surface area contributed by atoms with E-state index in [9.17, 15) is 14.4 Å². The van der Waals surface area contributed by atoms with E-state index in [0.29, 0.717) is 51.4 Å². The summed E-state index contributed by atoms with van der Waals surface area (Å²) in [6, 6.07) is 9.09. The number of rotatable bonds is 26. The van der Waals surface area contributed by atoms with Crippen molar-refractivity contribution in [3.05, 3.63) is 35.9 Å². The number of alkyl carbamates (subject to hydrolysis) is 1. The normalized spacial score (nSPS) is 37.3. The van der Waals surface area contributed by atoms with Crippen LogP contribution in [0.5, 0.6) is 0 Å². The number of nitrogens with one attached hydrogen (secondary N) is 8. The monoisotopic (exact) mass is 1290 g/mol. The molecule has 0 aromatic heterocycles. The van der Waals surface area contributed by atoms with Crippen LogP contribution >= 0.6 is 0 Å². The van der Waals surface area contributed by atoms with E-state index in [4.69, 9.17) is 47.4 Å². The van der Waals surface area contributed by atoms with E-state index in [1.165, 1.54) is 64.0 Å². The molecule has 8 amide bonds.